The molecule has 0 aliphatic heterocycles. The van der Waals surface area contributed by atoms with Crippen molar-refractivity contribution in [1.82, 2.24) is 5.32 Å². The minimum Gasteiger partial charge on any atom is -0.394 e. The number of carbonyl (C=O) groups excluding carboxylic acids is 1. The van der Waals surface area contributed by atoms with Gasteiger partial charge in [-0.2, -0.15) is 0 Å². The van der Waals surface area contributed by atoms with Crippen molar-refractivity contribution in [1.29, 1.82) is 0 Å². The minimum atomic E-state index is -0.667. The number of hydrogen-bond donors (Lipinski definition) is 3. The molecular weight excluding hydrogens is 987 g/mol. The Morgan fingerprint density at radius 1 is 0.309 bits per heavy atom. The van der Waals surface area contributed by atoms with Crippen molar-refractivity contribution in [2.75, 3.05) is 6.61 Å². The van der Waals surface area contributed by atoms with Gasteiger partial charge in [0.15, 0.2) is 0 Å². The first-order valence-corrected chi connectivity index (χ1v) is 35.6. The van der Waals surface area contributed by atoms with Crippen LogP contribution in [0.1, 0.15) is 354 Å². The van der Waals surface area contributed by atoms with Crippen LogP contribution >= 0.6 is 0 Å². The highest BCUT2D eigenvalue weighted by Crippen LogP contribution is 2.18. The number of unbranched alkanes of at least 4 members (excludes halogenated alkanes) is 40. The monoisotopic (exact) mass is 1120 g/mol. The minimum absolute atomic E-state index is 0.0313. The van der Waals surface area contributed by atoms with Crippen molar-refractivity contribution in [2.24, 2.45) is 0 Å². The maximum absolute atomic E-state index is 12.6. The second-order valence-corrected chi connectivity index (χ2v) is 23.9. The second kappa shape index (κ2) is 71.3. The first kappa shape index (κ1) is 78.0. The molecule has 1 amide bonds. The Hall–Kier alpha value is -2.95. The number of amides is 1. The largest absolute Gasteiger partial charge is 0.394 e. The molecule has 0 fully saturated rings. The van der Waals surface area contributed by atoms with E-state index in [0.717, 1.165) is 83.5 Å². The van der Waals surface area contributed by atoms with Crippen molar-refractivity contribution < 1.29 is 15.0 Å². The zero-order valence-electron chi connectivity index (χ0n) is 54.0. The topological polar surface area (TPSA) is 69.6 Å². The van der Waals surface area contributed by atoms with Gasteiger partial charge in [-0.1, -0.05) is 374 Å². The summed E-state index contributed by atoms with van der Waals surface area (Å²) >= 11 is 0. The van der Waals surface area contributed by atoms with Crippen LogP contribution < -0.4 is 5.32 Å². The zero-order chi connectivity index (χ0) is 58.4. The lowest BCUT2D eigenvalue weighted by atomic mass is 10.0. The molecule has 468 valence electrons. The summed E-state index contributed by atoms with van der Waals surface area (Å²) in [6.07, 6.45) is 107. The normalized spacial score (nSPS) is 13.4. The summed E-state index contributed by atoms with van der Waals surface area (Å²) in [5.41, 5.74) is 0. The first-order chi connectivity index (χ1) is 40.2. The van der Waals surface area contributed by atoms with Gasteiger partial charge in [0.2, 0.25) is 5.91 Å². The van der Waals surface area contributed by atoms with Gasteiger partial charge in [0.25, 0.3) is 0 Å². The third-order valence-electron chi connectivity index (χ3n) is 16.0. The average molecular weight is 1120 g/mol. The van der Waals surface area contributed by atoms with E-state index < -0.39 is 12.1 Å². The number of hydrogen-bond acceptors (Lipinski definition) is 3. The van der Waals surface area contributed by atoms with Crippen molar-refractivity contribution in [3.05, 3.63) is 109 Å². The van der Waals surface area contributed by atoms with Crippen LogP contribution in [-0.2, 0) is 4.79 Å². The maximum atomic E-state index is 12.6. The molecule has 0 spiro atoms. The second-order valence-electron chi connectivity index (χ2n) is 23.9. The van der Waals surface area contributed by atoms with Gasteiger partial charge >= 0.3 is 0 Å². The summed E-state index contributed by atoms with van der Waals surface area (Å²) in [6, 6.07) is -0.544. The van der Waals surface area contributed by atoms with Crippen LogP contribution in [0, 0.1) is 0 Å². The van der Waals surface area contributed by atoms with Gasteiger partial charge in [-0.05, 0) is 83.5 Å². The highest BCUT2D eigenvalue weighted by molar-refractivity contribution is 5.76. The van der Waals surface area contributed by atoms with Gasteiger partial charge in [-0.15, -0.1) is 0 Å². The summed E-state index contributed by atoms with van der Waals surface area (Å²) in [5.74, 6) is -0.0313. The van der Waals surface area contributed by atoms with E-state index >= 15 is 0 Å². The molecule has 2 atom stereocenters. The van der Waals surface area contributed by atoms with Crippen molar-refractivity contribution in [2.45, 2.75) is 366 Å². The van der Waals surface area contributed by atoms with Crippen LogP contribution in [0.4, 0.5) is 0 Å². The van der Waals surface area contributed by atoms with E-state index in [4.69, 9.17) is 0 Å². The van der Waals surface area contributed by atoms with Gasteiger partial charge in [-0.3, -0.25) is 4.79 Å². The third kappa shape index (κ3) is 67.7. The Labute approximate surface area is 506 Å². The van der Waals surface area contributed by atoms with E-state index in [1.165, 1.54) is 244 Å². The lowest BCUT2D eigenvalue weighted by Crippen LogP contribution is -2.45. The van der Waals surface area contributed by atoms with E-state index in [1.807, 2.05) is 0 Å². The molecule has 0 bridgehead atoms. The number of nitrogens with one attached hydrogen (secondary N) is 1. The molecule has 2 unspecified atom stereocenters. The highest BCUT2D eigenvalue weighted by Gasteiger charge is 2.20. The molecule has 3 N–H and O–H groups in total. The van der Waals surface area contributed by atoms with Crippen molar-refractivity contribution >= 4 is 5.91 Å². The Kier molecular flexibility index (Phi) is 68.7. The van der Waals surface area contributed by atoms with Crippen molar-refractivity contribution in [3.8, 4) is 0 Å². The maximum Gasteiger partial charge on any atom is 0.220 e. The molecule has 0 heterocycles. The summed E-state index contributed by atoms with van der Waals surface area (Å²) in [5, 5.41) is 23.5. The lowest BCUT2D eigenvalue weighted by molar-refractivity contribution is -0.123. The van der Waals surface area contributed by atoms with Crippen LogP contribution in [0.5, 0.6) is 0 Å². The van der Waals surface area contributed by atoms with Gasteiger partial charge in [0, 0.05) is 6.42 Å². The van der Waals surface area contributed by atoms with Crippen LogP contribution in [0.15, 0.2) is 109 Å². The molecule has 0 saturated heterocycles. The van der Waals surface area contributed by atoms with E-state index in [1.54, 1.807) is 0 Å². The number of rotatable bonds is 65. The molecule has 0 radical (unpaired) electrons. The molecular formula is C77H137NO3. The van der Waals surface area contributed by atoms with Gasteiger partial charge in [0.05, 0.1) is 18.8 Å². The molecule has 0 saturated carbocycles. The quantitative estimate of drug-likeness (QED) is 0.0420. The molecule has 0 aromatic carbocycles. The Bertz CT molecular complexity index is 1510. The fraction of sp³-hybridized carbons (Fsp3) is 0.753. The standard InChI is InChI=1S/C77H137NO3/c1-3-5-7-9-11-13-15-17-19-21-23-25-27-29-31-33-34-35-36-37-38-39-40-41-42-43-44-45-47-49-51-53-55-57-59-61-63-65-67-69-71-73-77(81)78-75(74-79)76(80)72-70-68-66-64-62-60-58-56-54-52-50-48-46-32-30-28-26-24-22-20-18-16-14-12-10-8-6-4-2/h5,7,11,13,17,19,23,25,29,31,34-35,37-38,40-41,43-44,75-76,79-80H,3-4,6,8-10,12,14-16,18,20-22,24,26-28,30,32-33,36,39,42,45-74H2,1-2H3,(H,78,81)/b7-5-,13-11-,19-17-,25-23-,31-29-,35-34-,38-37-,41-40-,44-43-. The summed E-state index contributed by atoms with van der Waals surface area (Å²) in [4.78, 5) is 12.6. The smallest absolute Gasteiger partial charge is 0.220 e. The third-order valence-corrected chi connectivity index (χ3v) is 16.0. The SMILES string of the molecule is CC/C=C\C/C=C\C/C=C\C/C=C\C/C=C\C/C=C\C/C=C\C/C=C\C/C=C\CCCCCCCCCCCCCCCC(=O)NC(CO)C(O)CCCCCCCCCCCCCCCCCCCCCCCCCCCCCC. The molecule has 0 rings (SSSR count). The molecule has 81 heavy (non-hydrogen) atoms. The van der Waals surface area contributed by atoms with E-state index in [-0.39, 0.29) is 12.5 Å². The summed E-state index contributed by atoms with van der Waals surface area (Å²) in [7, 11) is 0. The fourth-order valence-electron chi connectivity index (χ4n) is 10.7. The summed E-state index contributed by atoms with van der Waals surface area (Å²) < 4.78 is 0. The number of allylic oxidation sites excluding steroid dienone is 18. The predicted octanol–water partition coefficient (Wildman–Crippen LogP) is 24.5. The van der Waals surface area contributed by atoms with Gasteiger partial charge in [-0.25, -0.2) is 0 Å². The molecule has 0 aromatic rings. The van der Waals surface area contributed by atoms with Crippen molar-refractivity contribution in [3.63, 3.8) is 0 Å². The molecule has 0 aliphatic carbocycles. The Balaban J connectivity index is 3.49. The number of aliphatic hydroxyl groups excluding tert-OH is 2. The molecule has 4 heteroatoms. The van der Waals surface area contributed by atoms with E-state index in [2.05, 4.69) is 129 Å². The fourth-order valence-corrected chi connectivity index (χ4v) is 10.7. The predicted molar refractivity (Wildman–Crippen MR) is 363 cm³/mol. The number of carbonyl (C=O) groups is 1. The molecule has 4 nitrogen and oxygen atoms in total. The first-order valence-electron chi connectivity index (χ1n) is 35.6. The van der Waals surface area contributed by atoms with E-state index in [0.29, 0.717) is 12.8 Å². The van der Waals surface area contributed by atoms with E-state index in [9.17, 15) is 15.0 Å². The van der Waals surface area contributed by atoms with Crippen LogP contribution in [-0.4, -0.2) is 34.9 Å². The highest BCUT2D eigenvalue weighted by atomic mass is 16.3. The molecule has 0 aromatic heterocycles. The number of aliphatic hydroxyl groups is 2. The average Bonchev–Trinajstić information content (AvgIpc) is 3.47. The Morgan fingerprint density at radius 3 is 0.815 bits per heavy atom. The van der Waals surface area contributed by atoms with Crippen LogP contribution in [0.25, 0.3) is 0 Å². The summed E-state index contributed by atoms with van der Waals surface area (Å²) in [6.45, 7) is 4.27. The van der Waals surface area contributed by atoms with Crippen LogP contribution in [0.3, 0.4) is 0 Å². The molecule has 0 aliphatic rings. The zero-order valence-corrected chi connectivity index (χ0v) is 54.0. The Morgan fingerprint density at radius 2 is 0.543 bits per heavy atom. The lowest BCUT2D eigenvalue weighted by Gasteiger charge is -2.22. The van der Waals surface area contributed by atoms with Gasteiger partial charge in [0.1, 0.15) is 0 Å². The van der Waals surface area contributed by atoms with Crippen LogP contribution in [0.2, 0.25) is 0 Å². The van der Waals surface area contributed by atoms with Gasteiger partial charge < -0.3 is 15.5 Å².